The largest absolute Gasteiger partial charge is 0.350 e. The summed E-state index contributed by atoms with van der Waals surface area (Å²) >= 11 is 0. The first-order valence-electron chi connectivity index (χ1n) is 7.07. The quantitative estimate of drug-likeness (QED) is 0.778. The Labute approximate surface area is 113 Å². The van der Waals surface area contributed by atoms with E-state index in [4.69, 9.17) is 0 Å². The number of hydrazone groups is 1. The van der Waals surface area contributed by atoms with E-state index in [1.54, 1.807) is 18.5 Å². The number of carbonyl (C=O) groups is 1. The molecule has 2 unspecified atom stereocenters. The van der Waals surface area contributed by atoms with Gasteiger partial charge in [0.15, 0.2) is 0 Å². The highest BCUT2D eigenvalue weighted by Crippen LogP contribution is 2.24. The number of aliphatic imine (C=N–C) groups is 1. The van der Waals surface area contributed by atoms with Gasteiger partial charge in [0.2, 0.25) is 5.91 Å². The van der Waals surface area contributed by atoms with Crippen molar-refractivity contribution in [3.05, 3.63) is 11.6 Å². The maximum absolute atomic E-state index is 12.4. The number of amides is 1. The number of carbonyl (C=O) groups excluding carboxylic acids is 1. The normalized spacial score (nSPS) is 36.4. The minimum absolute atomic E-state index is 0.0266. The summed E-state index contributed by atoms with van der Waals surface area (Å²) in [5, 5.41) is 7.16. The minimum atomic E-state index is -0.0903. The minimum Gasteiger partial charge on any atom is -0.350 e. The van der Waals surface area contributed by atoms with Crippen molar-refractivity contribution < 1.29 is 4.79 Å². The topological polar surface area (TPSA) is 65.8 Å². The van der Waals surface area contributed by atoms with Crippen LogP contribution in [0.1, 0.15) is 32.6 Å². The van der Waals surface area contributed by atoms with E-state index < -0.39 is 0 Å². The molecule has 19 heavy (non-hydrogen) atoms. The van der Waals surface area contributed by atoms with Gasteiger partial charge in [-0.25, -0.2) is 0 Å². The summed E-state index contributed by atoms with van der Waals surface area (Å²) in [6.07, 6.45) is 9.85. The Bertz CT molecular complexity index is 446. The monoisotopic (exact) mass is 260 g/mol. The van der Waals surface area contributed by atoms with E-state index in [0.29, 0.717) is 6.04 Å². The van der Waals surface area contributed by atoms with Crippen molar-refractivity contribution in [1.82, 2.24) is 10.7 Å². The third-order valence-electron chi connectivity index (χ3n) is 4.24. The molecule has 0 radical (unpaired) electrons. The van der Waals surface area contributed by atoms with Gasteiger partial charge < -0.3 is 10.7 Å². The Morgan fingerprint density at radius 2 is 2.16 bits per heavy atom. The molecular weight excluding hydrogens is 240 g/mol. The van der Waals surface area contributed by atoms with Crippen LogP contribution < -0.4 is 10.7 Å². The molecule has 3 aliphatic rings. The molecule has 3 rings (SSSR count). The smallest absolute Gasteiger partial charge is 0.249 e. The van der Waals surface area contributed by atoms with E-state index in [0.717, 1.165) is 24.3 Å². The summed E-state index contributed by atoms with van der Waals surface area (Å²) in [5.41, 5.74) is 3.71. The molecule has 0 aromatic rings. The molecule has 2 aliphatic heterocycles. The number of nitrogens with one attached hydrogen (secondary N) is 2. The number of nitrogens with zero attached hydrogens (tertiary/aromatic N) is 2. The second-order valence-electron chi connectivity index (χ2n) is 5.73. The average molecular weight is 260 g/mol. The van der Waals surface area contributed by atoms with Crippen molar-refractivity contribution in [2.45, 2.75) is 50.7 Å². The Morgan fingerprint density at radius 3 is 2.95 bits per heavy atom. The van der Waals surface area contributed by atoms with Gasteiger partial charge in [-0.2, -0.15) is 5.10 Å². The Balaban J connectivity index is 1.61. The summed E-state index contributed by atoms with van der Waals surface area (Å²) in [6, 6.07) is 0.203. The van der Waals surface area contributed by atoms with Gasteiger partial charge in [-0.15, -0.1) is 0 Å². The lowest BCUT2D eigenvalue weighted by molar-refractivity contribution is -0.118. The van der Waals surface area contributed by atoms with Crippen molar-refractivity contribution >= 4 is 18.3 Å². The predicted molar refractivity (Wildman–Crippen MR) is 75.3 cm³/mol. The number of rotatable bonds is 2. The molecule has 5 heteroatoms. The molecule has 2 N–H and O–H groups in total. The van der Waals surface area contributed by atoms with E-state index in [1.165, 1.54) is 12.8 Å². The molecule has 102 valence electrons. The summed E-state index contributed by atoms with van der Waals surface area (Å²) in [6.45, 7) is 2.28. The first-order chi connectivity index (χ1) is 9.24. The van der Waals surface area contributed by atoms with E-state index in [2.05, 4.69) is 27.8 Å². The van der Waals surface area contributed by atoms with E-state index in [9.17, 15) is 4.79 Å². The summed E-state index contributed by atoms with van der Waals surface area (Å²) in [4.78, 5) is 16.6. The molecule has 5 nitrogen and oxygen atoms in total. The number of fused-ring (bicyclic) bond motifs is 1. The summed E-state index contributed by atoms with van der Waals surface area (Å²) < 4.78 is 0. The van der Waals surface area contributed by atoms with Gasteiger partial charge in [0.1, 0.15) is 12.1 Å². The number of hydrogen-bond donors (Lipinski definition) is 2. The molecule has 0 spiro atoms. The van der Waals surface area contributed by atoms with Crippen LogP contribution in [0.15, 0.2) is 21.7 Å². The van der Waals surface area contributed by atoms with Crippen molar-refractivity contribution in [1.29, 1.82) is 0 Å². The highest BCUT2D eigenvalue weighted by molar-refractivity contribution is 6.01. The average Bonchev–Trinajstić information content (AvgIpc) is 2.89. The highest BCUT2D eigenvalue weighted by Gasteiger charge is 2.33. The van der Waals surface area contributed by atoms with Gasteiger partial charge in [0.25, 0.3) is 0 Å². The van der Waals surface area contributed by atoms with Gasteiger partial charge in [0, 0.05) is 17.8 Å². The number of hydrogen-bond acceptors (Lipinski definition) is 4. The summed E-state index contributed by atoms with van der Waals surface area (Å²) in [7, 11) is 0. The zero-order chi connectivity index (χ0) is 13.2. The van der Waals surface area contributed by atoms with Crippen LogP contribution in [-0.2, 0) is 4.79 Å². The van der Waals surface area contributed by atoms with Crippen LogP contribution >= 0.6 is 0 Å². The maximum Gasteiger partial charge on any atom is 0.249 e. The van der Waals surface area contributed by atoms with Crippen LogP contribution in [0.4, 0.5) is 0 Å². The number of dihydropyridines is 1. The van der Waals surface area contributed by atoms with E-state index in [1.807, 2.05) is 0 Å². The molecule has 1 aliphatic carbocycles. The molecule has 2 heterocycles. The Kier molecular flexibility index (Phi) is 3.36. The fourth-order valence-electron chi connectivity index (χ4n) is 2.96. The van der Waals surface area contributed by atoms with Crippen molar-refractivity contribution in [3.63, 3.8) is 0 Å². The molecule has 0 saturated heterocycles. The first kappa shape index (κ1) is 12.4. The second kappa shape index (κ2) is 5.15. The molecule has 1 saturated carbocycles. The Hall–Kier alpha value is -1.65. The van der Waals surface area contributed by atoms with Crippen LogP contribution in [0.5, 0.6) is 0 Å². The van der Waals surface area contributed by atoms with Crippen molar-refractivity contribution in [2.75, 3.05) is 0 Å². The zero-order valence-corrected chi connectivity index (χ0v) is 11.2. The van der Waals surface area contributed by atoms with Gasteiger partial charge in [-0.05, 0) is 37.7 Å². The fourth-order valence-corrected chi connectivity index (χ4v) is 2.96. The first-order valence-corrected chi connectivity index (χ1v) is 7.07. The van der Waals surface area contributed by atoms with Crippen molar-refractivity contribution in [3.8, 4) is 0 Å². The second-order valence-corrected chi connectivity index (χ2v) is 5.73. The van der Waals surface area contributed by atoms with Gasteiger partial charge in [0.05, 0.1) is 6.21 Å². The van der Waals surface area contributed by atoms with Gasteiger partial charge >= 0.3 is 0 Å². The molecule has 0 bridgehead atoms. The van der Waals surface area contributed by atoms with Crippen LogP contribution in [0, 0.1) is 5.92 Å². The zero-order valence-electron chi connectivity index (χ0n) is 11.2. The highest BCUT2D eigenvalue weighted by atomic mass is 16.1. The Morgan fingerprint density at radius 1 is 1.37 bits per heavy atom. The molecule has 2 atom stereocenters. The number of allylic oxidation sites excluding steroid dienone is 1. The molecule has 0 aromatic carbocycles. The lowest BCUT2D eigenvalue weighted by Crippen LogP contribution is -2.45. The summed E-state index contributed by atoms with van der Waals surface area (Å²) in [5.74, 6) is 0.821. The van der Waals surface area contributed by atoms with Gasteiger partial charge in [-0.1, -0.05) is 6.92 Å². The third kappa shape index (κ3) is 2.55. The van der Waals surface area contributed by atoms with Gasteiger partial charge in [-0.3, -0.25) is 9.79 Å². The molecule has 1 fully saturated rings. The van der Waals surface area contributed by atoms with E-state index in [-0.39, 0.29) is 18.0 Å². The lowest BCUT2D eigenvalue weighted by Gasteiger charge is -2.28. The fraction of sp³-hybridized carbons (Fsp3) is 0.643. The predicted octanol–water partition coefficient (Wildman–Crippen LogP) is 1.02. The molecular formula is C14H20N4O. The molecule has 1 amide bonds. The van der Waals surface area contributed by atoms with Crippen LogP contribution in [0.3, 0.4) is 0 Å². The van der Waals surface area contributed by atoms with Crippen molar-refractivity contribution in [2.24, 2.45) is 16.0 Å². The van der Waals surface area contributed by atoms with Crippen LogP contribution in [0.25, 0.3) is 0 Å². The molecule has 0 aromatic heterocycles. The SMILES string of the molecule is CC1CCC(NC(=O)C2=CC=NC3C=NNC23)CC1. The standard InChI is InChI=1S/C14H20N4O/c1-9-2-4-10(5-3-9)17-14(19)11-6-7-15-12-8-16-18-13(11)12/h6-10,12-13,18H,2-5H2,1H3,(H,17,19). The van der Waals surface area contributed by atoms with E-state index >= 15 is 0 Å². The third-order valence-corrected chi connectivity index (χ3v) is 4.24. The maximum atomic E-state index is 12.4. The van der Waals surface area contributed by atoms with Crippen LogP contribution in [0.2, 0.25) is 0 Å². The lowest BCUT2D eigenvalue weighted by atomic mass is 9.87. The van der Waals surface area contributed by atoms with Crippen LogP contribution in [-0.4, -0.2) is 36.5 Å².